The minimum Gasteiger partial charge on any atom is -0.330 e. The van der Waals surface area contributed by atoms with Gasteiger partial charge in [-0.1, -0.05) is 11.8 Å². The number of hydrogen-bond donors (Lipinski definition) is 1. The van der Waals surface area contributed by atoms with Gasteiger partial charge in [-0.25, -0.2) is 0 Å². The summed E-state index contributed by atoms with van der Waals surface area (Å²) in [6.45, 7) is 0.741. The molecule has 0 bridgehead atoms. The van der Waals surface area contributed by atoms with Gasteiger partial charge in [-0.15, -0.1) is 22.6 Å². The van der Waals surface area contributed by atoms with Crippen LogP contribution in [0.4, 0.5) is 0 Å². The Morgan fingerprint density at radius 3 is 2.92 bits per heavy atom. The average Bonchev–Trinajstić information content (AvgIpc) is 2.37. The number of aromatic nitrogens is 3. The van der Waals surface area contributed by atoms with Crippen LogP contribution in [0.25, 0.3) is 0 Å². The highest BCUT2D eigenvalue weighted by molar-refractivity contribution is 7.99. The Balaban J connectivity index is 0.00000121. The third-order valence-corrected chi connectivity index (χ3v) is 2.37. The molecule has 0 aliphatic heterocycles. The van der Waals surface area contributed by atoms with E-state index in [1.54, 1.807) is 18.1 Å². The lowest BCUT2D eigenvalue weighted by atomic mass is 10.5. The Morgan fingerprint density at radius 2 is 2.42 bits per heavy atom. The van der Waals surface area contributed by atoms with Gasteiger partial charge < -0.3 is 10.3 Å². The molecule has 70 valence electrons. The molecule has 12 heavy (non-hydrogen) atoms. The Kier molecular flexibility index (Phi) is 6.14. The molecule has 1 rings (SSSR count). The second kappa shape index (κ2) is 6.28. The topological polar surface area (TPSA) is 56.7 Å². The zero-order valence-electron chi connectivity index (χ0n) is 6.93. The van der Waals surface area contributed by atoms with Crippen LogP contribution >= 0.6 is 24.2 Å². The molecule has 0 radical (unpaired) electrons. The van der Waals surface area contributed by atoms with Crippen LogP contribution in [0, 0.1) is 0 Å². The third kappa shape index (κ3) is 3.42. The first kappa shape index (κ1) is 11.7. The van der Waals surface area contributed by atoms with Gasteiger partial charge in [0.1, 0.15) is 6.33 Å². The number of aryl methyl sites for hydroxylation is 1. The van der Waals surface area contributed by atoms with E-state index in [4.69, 9.17) is 5.73 Å². The van der Waals surface area contributed by atoms with E-state index in [2.05, 4.69) is 10.2 Å². The summed E-state index contributed by atoms with van der Waals surface area (Å²) in [5.74, 6) is 1.02. The second-order valence-electron chi connectivity index (χ2n) is 2.22. The number of rotatable bonds is 4. The molecule has 0 aliphatic carbocycles. The van der Waals surface area contributed by atoms with Gasteiger partial charge in [0.05, 0.1) is 0 Å². The number of hydrogen-bond acceptors (Lipinski definition) is 4. The van der Waals surface area contributed by atoms with E-state index in [0.29, 0.717) is 0 Å². The molecular weight excluding hydrogens is 196 g/mol. The average molecular weight is 209 g/mol. The van der Waals surface area contributed by atoms with Gasteiger partial charge in [-0.2, -0.15) is 0 Å². The van der Waals surface area contributed by atoms with Crippen molar-refractivity contribution in [1.82, 2.24) is 14.8 Å². The predicted molar refractivity (Wildman–Crippen MR) is 52.6 cm³/mol. The first-order chi connectivity index (χ1) is 5.34. The zero-order chi connectivity index (χ0) is 8.10. The van der Waals surface area contributed by atoms with E-state index < -0.39 is 0 Å². The number of nitrogens with zero attached hydrogens (tertiary/aromatic N) is 3. The molecule has 6 heteroatoms. The Bertz CT molecular complexity index is 215. The van der Waals surface area contributed by atoms with Crippen molar-refractivity contribution < 1.29 is 0 Å². The van der Waals surface area contributed by atoms with E-state index in [1.165, 1.54) is 0 Å². The third-order valence-electron chi connectivity index (χ3n) is 1.25. The van der Waals surface area contributed by atoms with Crippen molar-refractivity contribution in [1.29, 1.82) is 0 Å². The molecule has 1 aromatic rings. The molecule has 0 aliphatic rings. The van der Waals surface area contributed by atoms with Crippen molar-refractivity contribution in [3.63, 3.8) is 0 Å². The predicted octanol–water partition coefficient (Wildman–Crippen LogP) is 0.678. The number of nitrogens with two attached hydrogens (primary N) is 1. The van der Waals surface area contributed by atoms with Gasteiger partial charge in [0.25, 0.3) is 0 Å². The Labute approximate surface area is 82.3 Å². The summed E-state index contributed by atoms with van der Waals surface area (Å²) in [5.41, 5.74) is 5.35. The van der Waals surface area contributed by atoms with Crippen LogP contribution in [-0.4, -0.2) is 27.1 Å². The van der Waals surface area contributed by atoms with Crippen LogP contribution in [0.5, 0.6) is 0 Å². The van der Waals surface area contributed by atoms with Gasteiger partial charge in [0.15, 0.2) is 5.16 Å². The molecule has 4 nitrogen and oxygen atoms in total. The van der Waals surface area contributed by atoms with Crippen molar-refractivity contribution in [2.75, 3.05) is 12.3 Å². The van der Waals surface area contributed by atoms with E-state index in [9.17, 15) is 0 Å². The summed E-state index contributed by atoms with van der Waals surface area (Å²) in [5, 5.41) is 8.64. The van der Waals surface area contributed by atoms with Crippen molar-refractivity contribution >= 4 is 24.2 Å². The molecule has 1 heterocycles. The van der Waals surface area contributed by atoms with E-state index in [-0.39, 0.29) is 12.4 Å². The zero-order valence-corrected chi connectivity index (χ0v) is 8.57. The maximum atomic E-state index is 5.35. The van der Waals surface area contributed by atoms with Crippen LogP contribution in [0.2, 0.25) is 0 Å². The molecule has 0 atom stereocenters. The van der Waals surface area contributed by atoms with Crippen molar-refractivity contribution in [2.45, 2.75) is 11.6 Å². The van der Waals surface area contributed by atoms with Crippen molar-refractivity contribution in [2.24, 2.45) is 12.8 Å². The molecule has 1 aromatic heterocycles. The summed E-state index contributed by atoms with van der Waals surface area (Å²) >= 11 is 1.69. The molecule has 0 saturated heterocycles. The fraction of sp³-hybridized carbons (Fsp3) is 0.667. The first-order valence-electron chi connectivity index (χ1n) is 3.51. The Hall–Kier alpha value is -0.260. The SMILES string of the molecule is Cl.Cn1cnnc1SCCCN. The fourth-order valence-corrected chi connectivity index (χ4v) is 1.50. The number of thioether (sulfide) groups is 1. The summed E-state index contributed by atoms with van der Waals surface area (Å²) in [6, 6.07) is 0. The first-order valence-corrected chi connectivity index (χ1v) is 4.50. The molecule has 0 saturated carbocycles. The van der Waals surface area contributed by atoms with E-state index >= 15 is 0 Å². The molecule has 0 unspecified atom stereocenters. The maximum absolute atomic E-state index is 5.35. The van der Waals surface area contributed by atoms with Crippen molar-refractivity contribution in [3.8, 4) is 0 Å². The summed E-state index contributed by atoms with van der Waals surface area (Å²) in [4.78, 5) is 0. The van der Waals surface area contributed by atoms with Crippen LogP contribution in [0.3, 0.4) is 0 Å². The van der Waals surface area contributed by atoms with Crippen LogP contribution in [-0.2, 0) is 7.05 Å². The molecule has 0 spiro atoms. The van der Waals surface area contributed by atoms with Gasteiger partial charge in [-0.05, 0) is 13.0 Å². The van der Waals surface area contributed by atoms with Crippen LogP contribution in [0.1, 0.15) is 6.42 Å². The van der Waals surface area contributed by atoms with Crippen LogP contribution in [0.15, 0.2) is 11.5 Å². The maximum Gasteiger partial charge on any atom is 0.190 e. The highest BCUT2D eigenvalue weighted by Crippen LogP contribution is 2.13. The fourth-order valence-electron chi connectivity index (χ4n) is 0.650. The molecule has 0 aromatic carbocycles. The number of halogens is 1. The van der Waals surface area contributed by atoms with Gasteiger partial charge in [-0.3, -0.25) is 0 Å². The normalized spacial score (nSPS) is 9.50. The molecular formula is C6H13ClN4S. The van der Waals surface area contributed by atoms with Gasteiger partial charge in [0.2, 0.25) is 0 Å². The van der Waals surface area contributed by atoms with Gasteiger partial charge in [0, 0.05) is 12.8 Å². The lowest BCUT2D eigenvalue weighted by Crippen LogP contribution is -2.00. The summed E-state index contributed by atoms with van der Waals surface area (Å²) in [7, 11) is 1.94. The standard InChI is InChI=1S/C6H12N4S.ClH/c1-10-5-8-9-6(10)11-4-2-3-7;/h5H,2-4,7H2,1H3;1H. The van der Waals surface area contributed by atoms with E-state index in [0.717, 1.165) is 23.9 Å². The monoisotopic (exact) mass is 208 g/mol. The quantitative estimate of drug-likeness (QED) is 0.584. The lowest BCUT2D eigenvalue weighted by molar-refractivity contribution is 0.786. The molecule has 2 N–H and O–H groups in total. The van der Waals surface area contributed by atoms with Crippen molar-refractivity contribution in [3.05, 3.63) is 6.33 Å². The second-order valence-corrected chi connectivity index (χ2v) is 3.28. The van der Waals surface area contributed by atoms with Gasteiger partial charge >= 0.3 is 0 Å². The smallest absolute Gasteiger partial charge is 0.190 e. The summed E-state index contributed by atoms with van der Waals surface area (Å²) in [6.07, 6.45) is 2.72. The highest BCUT2D eigenvalue weighted by Gasteiger charge is 1.98. The lowest BCUT2D eigenvalue weighted by Gasteiger charge is -1.97. The Morgan fingerprint density at radius 1 is 1.67 bits per heavy atom. The summed E-state index contributed by atoms with van der Waals surface area (Å²) < 4.78 is 1.90. The molecule has 0 fully saturated rings. The largest absolute Gasteiger partial charge is 0.330 e. The molecule has 0 amide bonds. The highest BCUT2D eigenvalue weighted by atomic mass is 35.5. The minimum atomic E-state index is 0. The minimum absolute atomic E-state index is 0. The van der Waals surface area contributed by atoms with Crippen LogP contribution < -0.4 is 5.73 Å². The van der Waals surface area contributed by atoms with E-state index in [1.807, 2.05) is 11.6 Å².